The van der Waals surface area contributed by atoms with Crippen LogP contribution in [0.15, 0.2) is 31.0 Å². The van der Waals surface area contributed by atoms with Crippen molar-refractivity contribution in [3.8, 4) is 0 Å². The fraction of sp³-hybridized carbons (Fsp3) is 0.385. The van der Waals surface area contributed by atoms with E-state index in [1.807, 2.05) is 13.1 Å². The monoisotopic (exact) mass is 241 g/mol. The van der Waals surface area contributed by atoms with Gasteiger partial charge in [-0.2, -0.15) is 0 Å². The lowest BCUT2D eigenvalue weighted by Crippen LogP contribution is -2.25. The summed E-state index contributed by atoms with van der Waals surface area (Å²) in [6.45, 7) is 3.01. The van der Waals surface area contributed by atoms with Gasteiger partial charge in [0.2, 0.25) is 0 Å². The van der Waals surface area contributed by atoms with Crippen LogP contribution in [-0.2, 0) is 0 Å². The highest BCUT2D eigenvalue weighted by Gasteiger charge is 2.29. The maximum absolute atomic E-state index is 4.48. The van der Waals surface area contributed by atoms with Crippen molar-refractivity contribution in [2.75, 3.05) is 11.4 Å². The minimum absolute atomic E-state index is 0.274. The van der Waals surface area contributed by atoms with Crippen molar-refractivity contribution in [3.63, 3.8) is 0 Å². The Bertz CT molecular complexity index is 528. The molecule has 5 heteroatoms. The van der Waals surface area contributed by atoms with Gasteiger partial charge in [0.1, 0.15) is 5.82 Å². The summed E-state index contributed by atoms with van der Waals surface area (Å²) in [5, 5.41) is 0. The Labute approximate surface area is 106 Å². The third kappa shape index (κ3) is 1.92. The number of nitrogens with zero attached hydrogens (tertiary/aromatic N) is 5. The average molecular weight is 241 g/mol. The molecule has 3 heterocycles. The summed E-state index contributed by atoms with van der Waals surface area (Å²) in [7, 11) is 0. The van der Waals surface area contributed by atoms with Crippen molar-refractivity contribution in [2.45, 2.75) is 25.8 Å². The van der Waals surface area contributed by atoms with Gasteiger partial charge >= 0.3 is 0 Å². The number of hydrogen-bond acceptors (Lipinski definition) is 5. The molecule has 5 nitrogen and oxygen atoms in total. The van der Waals surface area contributed by atoms with Crippen molar-refractivity contribution in [1.29, 1.82) is 0 Å². The average Bonchev–Trinajstić information content (AvgIpc) is 2.89. The zero-order valence-corrected chi connectivity index (χ0v) is 10.3. The van der Waals surface area contributed by atoms with E-state index in [-0.39, 0.29) is 6.04 Å². The zero-order chi connectivity index (χ0) is 12.4. The highest BCUT2D eigenvalue weighted by Crippen LogP contribution is 2.34. The third-order valence-corrected chi connectivity index (χ3v) is 3.33. The molecule has 3 rings (SSSR count). The predicted octanol–water partition coefficient (Wildman–Crippen LogP) is 1.92. The summed E-state index contributed by atoms with van der Waals surface area (Å²) in [6, 6.07) is 0.274. The van der Waals surface area contributed by atoms with Crippen LogP contribution in [0.3, 0.4) is 0 Å². The number of hydrogen-bond donors (Lipinski definition) is 0. The molecule has 2 aromatic heterocycles. The van der Waals surface area contributed by atoms with Gasteiger partial charge in [0.05, 0.1) is 23.6 Å². The lowest BCUT2D eigenvalue weighted by molar-refractivity contribution is 0.674. The molecule has 0 saturated carbocycles. The van der Waals surface area contributed by atoms with E-state index in [1.165, 1.54) is 0 Å². The summed E-state index contributed by atoms with van der Waals surface area (Å²) < 4.78 is 0. The normalized spacial score (nSPS) is 19.2. The molecule has 2 aromatic rings. The molecule has 1 aliphatic rings. The van der Waals surface area contributed by atoms with E-state index in [9.17, 15) is 0 Å². The molecule has 0 bridgehead atoms. The fourth-order valence-corrected chi connectivity index (χ4v) is 2.51. The molecule has 1 saturated heterocycles. The van der Waals surface area contributed by atoms with Gasteiger partial charge in [0, 0.05) is 31.3 Å². The minimum atomic E-state index is 0.274. The van der Waals surface area contributed by atoms with Crippen LogP contribution in [0.5, 0.6) is 0 Å². The number of aromatic nitrogens is 4. The van der Waals surface area contributed by atoms with Gasteiger partial charge in [-0.25, -0.2) is 4.98 Å². The Balaban J connectivity index is 1.95. The van der Waals surface area contributed by atoms with Gasteiger partial charge in [-0.05, 0) is 19.8 Å². The Kier molecular flexibility index (Phi) is 2.88. The highest BCUT2D eigenvalue weighted by molar-refractivity contribution is 5.41. The molecule has 0 N–H and O–H groups in total. The molecule has 1 fully saturated rings. The molecule has 1 atom stereocenters. The van der Waals surface area contributed by atoms with E-state index in [4.69, 9.17) is 0 Å². The summed E-state index contributed by atoms with van der Waals surface area (Å²) in [5.74, 6) is 0.921. The first-order valence-electron chi connectivity index (χ1n) is 6.16. The standard InChI is InChI=1S/C13H15N5/c1-10-13(17-7-6-15-10)11-3-2-8-18(11)12-9-14-4-5-16-12/h4-7,9,11H,2-3,8H2,1H3. The van der Waals surface area contributed by atoms with Crippen molar-refractivity contribution in [3.05, 3.63) is 42.4 Å². The Morgan fingerprint density at radius 1 is 1.11 bits per heavy atom. The molecule has 92 valence electrons. The van der Waals surface area contributed by atoms with Crippen LogP contribution in [0.25, 0.3) is 0 Å². The van der Waals surface area contributed by atoms with Crippen LogP contribution in [0, 0.1) is 6.92 Å². The lowest BCUT2D eigenvalue weighted by Gasteiger charge is -2.25. The van der Waals surface area contributed by atoms with Crippen LogP contribution < -0.4 is 4.90 Å². The van der Waals surface area contributed by atoms with E-state index in [1.54, 1.807) is 24.8 Å². The van der Waals surface area contributed by atoms with E-state index >= 15 is 0 Å². The molecule has 18 heavy (non-hydrogen) atoms. The van der Waals surface area contributed by atoms with Crippen LogP contribution in [-0.4, -0.2) is 26.5 Å². The molecule has 1 aliphatic heterocycles. The van der Waals surface area contributed by atoms with Gasteiger partial charge in [-0.1, -0.05) is 0 Å². The second-order valence-electron chi connectivity index (χ2n) is 4.44. The van der Waals surface area contributed by atoms with Crippen molar-refractivity contribution < 1.29 is 0 Å². The molecule has 0 radical (unpaired) electrons. The van der Waals surface area contributed by atoms with Crippen molar-refractivity contribution in [1.82, 2.24) is 19.9 Å². The summed E-state index contributed by atoms with van der Waals surface area (Å²) >= 11 is 0. The molecule has 0 aromatic carbocycles. The van der Waals surface area contributed by atoms with Gasteiger partial charge in [0.25, 0.3) is 0 Å². The molecular weight excluding hydrogens is 226 g/mol. The van der Waals surface area contributed by atoms with Crippen LogP contribution >= 0.6 is 0 Å². The number of rotatable bonds is 2. The van der Waals surface area contributed by atoms with E-state index < -0.39 is 0 Å². The van der Waals surface area contributed by atoms with Crippen molar-refractivity contribution in [2.24, 2.45) is 0 Å². The first kappa shape index (κ1) is 11.1. The topological polar surface area (TPSA) is 54.8 Å². The first-order valence-corrected chi connectivity index (χ1v) is 6.16. The fourth-order valence-electron chi connectivity index (χ4n) is 2.51. The summed E-state index contributed by atoms with van der Waals surface area (Å²) in [6.07, 6.45) is 11.0. The van der Waals surface area contributed by atoms with Crippen LogP contribution in [0.1, 0.15) is 30.3 Å². The van der Waals surface area contributed by atoms with Gasteiger partial charge < -0.3 is 4.90 Å². The second-order valence-corrected chi connectivity index (χ2v) is 4.44. The molecule has 1 unspecified atom stereocenters. The molecule has 0 spiro atoms. The summed E-state index contributed by atoms with van der Waals surface area (Å²) in [5.41, 5.74) is 2.05. The predicted molar refractivity (Wildman–Crippen MR) is 68.1 cm³/mol. The molecular formula is C13H15N5. The smallest absolute Gasteiger partial charge is 0.147 e. The van der Waals surface area contributed by atoms with E-state index in [2.05, 4.69) is 24.8 Å². The Morgan fingerprint density at radius 3 is 2.72 bits per heavy atom. The first-order chi connectivity index (χ1) is 8.86. The highest BCUT2D eigenvalue weighted by atomic mass is 15.2. The maximum atomic E-state index is 4.48. The third-order valence-electron chi connectivity index (χ3n) is 3.33. The lowest BCUT2D eigenvalue weighted by atomic mass is 10.1. The quantitative estimate of drug-likeness (QED) is 0.804. The maximum Gasteiger partial charge on any atom is 0.147 e. The number of aryl methyl sites for hydroxylation is 1. The summed E-state index contributed by atoms with van der Waals surface area (Å²) in [4.78, 5) is 19.6. The van der Waals surface area contributed by atoms with E-state index in [0.717, 1.165) is 36.6 Å². The molecule has 0 amide bonds. The SMILES string of the molecule is Cc1nccnc1C1CCCN1c1cnccn1. The van der Waals surface area contributed by atoms with Crippen LogP contribution in [0.2, 0.25) is 0 Å². The number of anilines is 1. The Morgan fingerprint density at radius 2 is 1.94 bits per heavy atom. The minimum Gasteiger partial charge on any atom is -0.347 e. The largest absolute Gasteiger partial charge is 0.347 e. The second kappa shape index (κ2) is 4.68. The van der Waals surface area contributed by atoms with Crippen molar-refractivity contribution >= 4 is 5.82 Å². The molecule has 0 aliphatic carbocycles. The van der Waals surface area contributed by atoms with Gasteiger partial charge in [-0.3, -0.25) is 15.0 Å². The van der Waals surface area contributed by atoms with Gasteiger partial charge in [0.15, 0.2) is 0 Å². The Hall–Kier alpha value is -2.04. The van der Waals surface area contributed by atoms with Gasteiger partial charge in [-0.15, -0.1) is 0 Å². The van der Waals surface area contributed by atoms with Crippen LogP contribution in [0.4, 0.5) is 5.82 Å². The zero-order valence-electron chi connectivity index (χ0n) is 10.3. The van der Waals surface area contributed by atoms with E-state index in [0.29, 0.717) is 0 Å².